The molecule has 92 valence electrons. The number of likely N-dealkylation sites (tertiary alicyclic amines) is 1. The number of hydrogen-bond donors (Lipinski definition) is 1. The summed E-state index contributed by atoms with van der Waals surface area (Å²) in [6.45, 7) is 4.93. The molecule has 1 aliphatic heterocycles. The third-order valence-electron chi connectivity index (χ3n) is 3.21. The van der Waals surface area contributed by atoms with E-state index < -0.39 is 0 Å². The van der Waals surface area contributed by atoms with Crippen molar-refractivity contribution in [1.82, 2.24) is 9.88 Å². The largest absolute Gasteiger partial charge is 0.323 e. The highest BCUT2D eigenvalue weighted by atomic mass is 16.2. The summed E-state index contributed by atoms with van der Waals surface area (Å²) in [6, 6.07) is 4.09. The normalized spacial score (nSPS) is 20.1. The van der Waals surface area contributed by atoms with Gasteiger partial charge in [0.15, 0.2) is 0 Å². The molecule has 4 heteroatoms. The van der Waals surface area contributed by atoms with Crippen LogP contribution < -0.4 is 5.32 Å². The van der Waals surface area contributed by atoms with Crippen LogP contribution in [0.25, 0.3) is 0 Å². The number of anilines is 1. The highest BCUT2D eigenvalue weighted by Gasteiger charge is 2.23. The maximum absolute atomic E-state index is 12.1. The van der Waals surface area contributed by atoms with E-state index in [9.17, 15) is 4.79 Å². The molecular formula is C13H19N3O. The topological polar surface area (TPSA) is 45.2 Å². The number of aryl methyl sites for hydroxylation is 1. The Balaban J connectivity index is 2.01. The second-order valence-corrected chi connectivity index (χ2v) is 4.69. The molecule has 1 unspecified atom stereocenters. The molecule has 2 amide bonds. The standard InChI is InChI=1S/C13H19N3O/c1-10-6-7-14-12(9-10)15-13(17)16-8-4-3-5-11(16)2/h6-7,9,11H,3-5,8H2,1-2H3,(H,14,15,17). The molecule has 0 saturated carbocycles. The Morgan fingerprint density at radius 2 is 2.35 bits per heavy atom. The molecule has 1 N–H and O–H groups in total. The Morgan fingerprint density at radius 3 is 3.06 bits per heavy atom. The van der Waals surface area contributed by atoms with Crippen molar-refractivity contribution >= 4 is 11.8 Å². The maximum Gasteiger partial charge on any atom is 0.323 e. The average molecular weight is 233 g/mol. The minimum absolute atomic E-state index is 0.0321. The Bertz CT molecular complexity index is 405. The van der Waals surface area contributed by atoms with Crippen LogP contribution in [0.1, 0.15) is 31.7 Å². The molecule has 1 fully saturated rings. The Kier molecular flexibility index (Phi) is 3.61. The first-order chi connectivity index (χ1) is 8.16. The summed E-state index contributed by atoms with van der Waals surface area (Å²) >= 11 is 0. The van der Waals surface area contributed by atoms with Gasteiger partial charge < -0.3 is 4.90 Å². The van der Waals surface area contributed by atoms with Crippen molar-refractivity contribution in [2.45, 2.75) is 39.2 Å². The number of carbonyl (C=O) groups excluding carboxylic acids is 1. The van der Waals surface area contributed by atoms with E-state index in [1.165, 1.54) is 6.42 Å². The zero-order valence-corrected chi connectivity index (χ0v) is 10.4. The summed E-state index contributed by atoms with van der Waals surface area (Å²) in [5.41, 5.74) is 1.10. The van der Waals surface area contributed by atoms with Crippen molar-refractivity contribution in [2.24, 2.45) is 0 Å². The Labute approximate surface area is 102 Å². The summed E-state index contributed by atoms with van der Waals surface area (Å²) in [7, 11) is 0. The molecule has 0 bridgehead atoms. The molecule has 1 atom stereocenters. The molecule has 1 saturated heterocycles. The molecule has 1 aromatic rings. The van der Waals surface area contributed by atoms with Gasteiger partial charge in [-0.15, -0.1) is 0 Å². The smallest absolute Gasteiger partial charge is 0.322 e. The van der Waals surface area contributed by atoms with E-state index in [-0.39, 0.29) is 6.03 Å². The predicted molar refractivity (Wildman–Crippen MR) is 68.0 cm³/mol. The third kappa shape index (κ3) is 2.96. The number of nitrogens with one attached hydrogen (secondary N) is 1. The van der Waals surface area contributed by atoms with E-state index in [0.717, 1.165) is 24.9 Å². The lowest BCUT2D eigenvalue weighted by Crippen LogP contribution is -2.44. The first-order valence-electron chi connectivity index (χ1n) is 6.17. The Hall–Kier alpha value is -1.58. The van der Waals surface area contributed by atoms with Crippen molar-refractivity contribution in [1.29, 1.82) is 0 Å². The van der Waals surface area contributed by atoms with E-state index in [1.807, 2.05) is 24.0 Å². The van der Waals surface area contributed by atoms with Gasteiger partial charge in [-0.05, 0) is 50.8 Å². The van der Waals surface area contributed by atoms with Crippen molar-refractivity contribution in [3.63, 3.8) is 0 Å². The van der Waals surface area contributed by atoms with Crippen LogP contribution in [0, 0.1) is 6.92 Å². The SMILES string of the molecule is Cc1ccnc(NC(=O)N2CCCCC2C)c1. The fourth-order valence-electron chi connectivity index (χ4n) is 2.19. The van der Waals surface area contributed by atoms with Crippen molar-refractivity contribution in [2.75, 3.05) is 11.9 Å². The summed E-state index contributed by atoms with van der Waals surface area (Å²) in [5, 5.41) is 2.86. The van der Waals surface area contributed by atoms with Gasteiger partial charge in [-0.2, -0.15) is 0 Å². The van der Waals surface area contributed by atoms with Gasteiger partial charge >= 0.3 is 6.03 Å². The molecule has 2 heterocycles. The van der Waals surface area contributed by atoms with Crippen LogP contribution in [0.3, 0.4) is 0 Å². The number of pyridine rings is 1. The first-order valence-corrected chi connectivity index (χ1v) is 6.17. The molecular weight excluding hydrogens is 214 g/mol. The zero-order valence-electron chi connectivity index (χ0n) is 10.4. The van der Waals surface area contributed by atoms with Crippen LogP contribution in [0.5, 0.6) is 0 Å². The first kappa shape index (κ1) is 11.9. The number of hydrogen-bond acceptors (Lipinski definition) is 2. The minimum Gasteiger partial charge on any atom is -0.322 e. The minimum atomic E-state index is -0.0321. The van der Waals surface area contributed by atoms with E-state index in [4.69, 9.17) is 0 Å². The fourth-order valence-corrected chi connectivity index (χ4v) is 2.19. The monoisotopic (exact) mass is 233 g/mol. The van der Waals surface area contributed by atoms with E-state index in [0.29, 0.717) is 11.9 Å². The highest BCUT2D eigenvalue weighted by Crippen LogP contribution is 2.17. The average Bonchev–Trinajstić information content (AvgIpc) is 2.29. The molecule has 2 rings (SSSR count). The number of rotatable bonds is 1. The second-order valence-electron chi connectivity index (χ2n) is 4.69. The number of carbonyl (C=O) groups is 1. The Morgan fingerprint density at radius 1 is 1.53 bits per heavy atom. The van der Waals surface area contributed by atoms with Crippen LogP contribution in [0.15, 0.2) is 18.3 Å². The van der Waals surface area contributed by atoms with Crippen LogP contribution in [0.4, 0.5) is 10.6 Å². The maximum atomic E-state index is 12.1. The summed E-state index contributed by atoms with van der Waals surface area (Å²) in [4.78, 5) is 18.1. The van der Waals surface area contributed by atoms with Gasteiger partial charge in [-0.1, -0.05) is 0 Å². The van der Waals surface area contributed by atoms with Gasteiger partial charge in [0.1, 0.15) is 5.82 Å². The summed E-state index contributed by atoms with van der Waals surface area (Å²) in [6.07, 6.45) is 5.12. The van der Waals surface area contributed by atoms with Gasteiger partial charge in [0.05, 0.1) is 0 Å². The number of amides is 2. The molecule has 0 spiro atoms. The lowest BCUT2D eigenvalue weighted by Gasteiger charge is -2.33. The zero-order chi connectivity index (χ0) is 12.3. The van der Waals surface area contributed by atoms with Crippen molar-refractivity contribution < 1.29 is 4.79 Å². The van der Waals surface area contributed by atoms with E-state index in [2.05, 4.69) is 17.2 Å². The van der Waals surface area contributed by atoms with E-state index >= 15 is 0 Å². The third-order valence-corrected chi connectivity index (χ3v) is 3.21. The second kappa shape index (κ2) is 5.17. The quantitative estimate of drug-likeness (QED) is 0.810. The predicted octanol–water partition coefficient (Wildman–Crippen LogP) is 2.80. The molecule has 0 aromatic carbocycles. The van der Waals surface area contributed by atoms with Crippen molar-refractivity contribution in [3.8, 4) is 0 Å². The molecule has 4 nitrogen and oxygen atoms in total. The number of nitrogens with zero attached hydrogens (tertiary/aromatic N) is 2. The summed E-state index contributed by atoms with van der Waals surface area (Å²) < 4.78 is 0. The highest BCUT2D eigenvalue weighted by molar-refractivity contribution is 5.88. The van der Waals surface area contributed by atoms with Crippen LogP contribution in [-0.2, 0) is 0 Å². The number of piperidine rings is 1. The fraction of sp³-hybridized carbons (Fsp3) is 0.538. The van der Waals surface area contributed by atoms with Crippen LogP contribution in [0.2, 0.25) is 0 Å². The molecule has 17 heavy (non-hydrogen) atoms. The molecule has 0 radical (unpaired) electrons. The van der Waals surface area contributed by atoms with Gasteiger partial charge in [-0.3, -0.25) is 5.32 Å². The van der Waals surface area contributed by atoms with Gasteiger partial charge in [0.25, 0.3) is 0 Å². The molecule has 1 aromatic heterocycles. The van der Waals surface area contributed by atoms with Gasteiger partial charge in [0.2, 0.25) is 0 Å². The lowest BCUT2D eigenvalue weighted by atomic mass is 10.0. The lowest BCUT2D eigenvalue weighted by molar-refractivity contribution is 0.170. The molecule has 0 aliphatic carbocycles. The van der Waals surface area contributed by atoms with Gasteiger partial charge in [0, 0.05) is 18.8 Å². The van der Waals surface area contributed by atoms with E-state index in [1.54, 1.807) is 6.20 Å². The number of aromatic nitrogens is 1. The van der Waals surface area contributed by atoms with Gasteiger partial charge in [-0.25, -0.2) is 9.78 Å². The van der Waals surface area contributed by atoms with Crippen LogP contribution in [-0.4, -0.2) is 28.5 Å². The van der Waals surface area contributed by atoms with Crippen LogP contribution >= 0.6 is 0 Å². The molecule has 1 aliphatic rings. The van der Waals surface area contributed by atoms with Crippen molar-refractivity contribution in [3.05, 3.63) is 23.9 Å². The number of urea groups is 1. The summed E-state index contributed by atoms with van der Waals surface area (Å²) in [5.74, 6) is 0.632.